The Kier molecular flexibility index (Phi) is 6.61. The zero-order chi connectivity index (χ0) is 20.9. The summed E-state index contributed by atoms with van der Waals surface area (Å²) in [7, 11) is 0. The second-order valence-electron chi connectivity index (χ2n) is 7.30. The Labute approximate surface area is 176 Å². The standard InChI is InChI=1S/C21H27ClN6O/c1-21(2)26-19(23)25-20(24)28(21)29-14-6-13-27(15-16-7-4-3-5-8-16)18-11-9-17(22)10-12-18/h3-5,7-12H,6,13-15H2,1-2H3,(H4,23,24,25,26). The fourth-order valence-corrected chi connectivity index (χ4v) is 3.31. The SMILES string of the molecule is CC1(C)N=C(N)N=C(N)N1OCCCN(Cc1ccccc1)c1ccc(Cl)cc1. The quantitative estimate of drug-likeness (QED) is 0.646. The molecule has 2 aromatic carbocycles. The molecule has 8 heteroatoms. The van der Waals surface area contributed by atoms with Crippen LogP contribution < -0.4 is 16.4 Å². The molecule has 0 spiro atoms. The van der Waals surface area contributed by atoms with Gasteiger partial charge in [0, 0.05) is 23.8 Å². The highest BCUT2D eigenvalue weighted by molar-refractivity contribution is 6.30. The molecular formula is C21H27ClN6O. The summed E-state index contributed by atoms with van der Waals surface area (Å²) in [5, 5.41) is 2.23. The number of halogens is 1. The highest BCUT2D eigenvalue weighted by Crippen LogP contribution is 2.22. The average molecular weight is 415 g/mol. The summed E-state index contributed by atoms with van der Waals surface area (Å²) in [6, 6.07) is 18.2. The fourth-order valence-electron chi connectivity index (χ4n) is 3.18. The van der Waals surface area contributed by atoms with Crippen molar-refractivity contribution in [1.29, 1.82) is 0 Å². The van der Waals surface area contributed by atoms with Gasteiger partial charge in [-0.25, -0.2) is 4.99 Å². The lowest BCUT2D eigenvalue weighted by atomic mass is 10.2. The molecule has 4 N–H and O–H groups in total. The van der Waals surface area contributed by atoms with Crippen molar-refractivity contribution in [3.63, 3.8) is 0 Å². The van der Waals surface area contributed by atoms with Crippen molar-refractivity contribution in [3.05, 3.63) is 65.2 Å². The monoisotopic (exact) mass is 414 g/mol. The first-order chi connectivity index (χ1) is 13.8. The first-order valence-electron chi connectivity index (χ1n) is 9.52. The van der Waals surface area contributed by atoms with Gasteiger partial charge in [-0.3, -0.25) is 4.84 Å². The molecule has 0 saturated heterocycles. The number of hydroxylamine groups is 2. The van der Waals surface area contributed by atoms with E-state index in [0.29, 0.717) is 6.61 Å². The van der Waals surface area contributed by atoms with Gasteiger partial charge in [-0.15, -0.1) is 0 Å². The van der Waals surface area contributed by atoms with Gasteiger partial charge < -0.3 is 16.4 Å². The van der Waals surface area contributed by atoms with Crippen LogP contribution in [0.1, 0.15) is 25.8 Å². The normalized spacial score (nSPS) is 15.6. The molecule has 0 aliphatic carbocycles. The zero-order valence-electron chi connectivity index (χ0n) is 16.8. The lowest BCUT2D eigenvalue weighted by Gasteiger charge is -2.37. The van der Waals surface area contributed by atoms with Crippen molar-refractivity contribution < 1.29 is 4.84 Å². The highest BCUT2D eigenvalue weighted by atomic mass is 35.5. The third kappa shape index (κ3) is 5.62. The van der Waals surface area contributed by atoms with Crippen molar-refractivity contribution >= 4 is 29.2 Å². The average Bonchev–Trinajstić information content (AvgIpc) is 2.66. The molecule has 0 fully saturated rings. The summed E-state index contributed by atoms with van der Waals surface area (Å²) >= 11 is 6.05. The number of hydrogen-bond donors (Lipinski definition) is 2. The number of guanidine groups is 2. The van der Waals surface area contributed by atoms with Gasteiger partial charge in [-0.1, -0.05) is 41.9 Å². The zero-order valence-corrected chi connectivity index (χ0v) is 17.5. The van der Waals surface area contributed by atoms with Gasteiger partial charge in [0.15, 0.2) is 5.66 Å². The summed E-state index contributed by atoms with van der Waals surface area (Å²) in [4.78, 5) is 16.4. The maximum absolute atomic E-state index is 6.05. The molecule has 0 aromatic heterocycles. The van der Waals surface area contributed by atoms with Crippen LogP contribution in [0.2, 0.25) is 5.02 Å². The third-order valence-corrected chi connectivity index (χ3v) is 4.78. The number of benzene rings is 2. The van der Waals surface area contributed by atoms with Crippen molar-refractivity contribution in [1.82, 2.24) is 5.06 Å². The molecule has 7 nitrogen and oxygen atoms in total. The van der Waals surface area contributed by atoms with E-state index in [2.05, 4.69) is 27.0 Å². The Morgan fingerprint density at radius 2 is 1.76 bits per heavy atom. The summed E-state index contributed by atoms with van der Waals surface area (Å²) in [6.07, 6.45) is 0.786. The molecule has 0 atom stereocenters. The van der Waals surface area contributed by atoms with Crippen molar-refractivity contribution in [3.8, 4) is 0 Å². The van der Waals surface area contributed by atoms with Crippen LogP contribution >= 0.6 is 11.6 Å². The second-order valence-corrected chi connectivity index (χ2v) is 7.74. The molecule has 0 saturated carbocycles. The van der Waals surface area contributed by atoms with Gasteiger partial charge in [0.2, 0.25) is 11.9 Å². The number of aliphatic imine (C=N–C) groups is 2. The number of hydrogen-bond acceptors (Lipinski definition) is 7. The van der Waals surface area contributed by atoms with Gasteiger partial charge in [0.25, 0.3) is 0 Å². The van der Waals surface area contributed by atoms with E-state index < -0.39 is 5.66 Å². The van der Waals surface area contributed by atoms with Gasteiger partial charge in [0.05, 0.1) is 6.61 Å². The molecule has 2 aromatic rings. The molecule has 0 amide bonds. The van der Waals surface area contributed by atoms with Crippen LogP contribution in [-0.2, 0) is 11.4 Å². The molecule has 154 valence electrons. The molecule has 0 unspecified atom stereocenters. The van der Waals surface area contributed by atoms with E-state index in [1.165, 1.54) is 10.6 Å². The lowest BCUT2D eigenvalue weighted by Crippen LogP contribution is -2.53. The number of nitrogens with two attached hydrogens (primary N) is 2. The lowest BCUT2D eigenvalue weighted by molar-refractivity contribution is -0.157. The van der Waals surface area contributed by atoms with E-state index in [9.17, 15) is 0 Å². The molecule has 1 aliphatic rings. The Balaban J connectivity index is 1.61. The third-order valence-electron chi connectivity index (χ3n) is 4.52. The fraction of sp³-hybridized carbons (Fsp3) is 0.333. The molecule has 3 rings (SSSR count). The molecule has 1 aliphatic heterocycles. The molecule has 0 bridgehead atoms. The first kappa shape index (κ1) is 21.0. The van der Waals surface area contributed by atoms with E-state index in [4.69, 9.17) is 27.9 Å². The second kappa shape index (κ2) is 9.15. The van der Waals surface area contributed by atoms with E-state index >= 15 is 0 Å². The first-order valence-corrected chi connectivity index (χ1v) is 9.90. The largest absolute Gasteiger partial charge is 0.368 e. The van der Waals surface area contributed by atoms with E-state index in [1.807, 2.05) is 56.3 Å². The van der Waals surface area contributed by atoms with Crippen LogP contribution in [0, 0.1) is 0 Å². The highest BCUT2D eigenvalue weighted by Gasteiger charge is 2.32. The van der Waals surface area contributed by atoms with Gasteiger partial charge >= 0.3 is 0 Å². The van der Waals surface area contributed by atoms with E-state index in [1.54, 1.807) is 0 Å². The minimum atomic E-state index is -0.699. The van der Waals surface area contributed by atoms with Gasteiger partial charge in [-0.05, 0) is 50.1 Å². The Morgan fingerprint density at radius 3 is 2.41 bits per heavy atom. The summed E-state index contributed by atoms with van der Waals surface area (Å²) < 4.78 is 0. The van der Waals surface area contributed by atoms with Gasteiger partial charge in [-0.2, -0.15) is 10.1 Å². The van der Waals surface area contributed by atoms with Crippen LogP contribution in [0.3, 0.4) is 0 Å². The van der Waals surface area contributed by atoms with Crippen LogP contribution in [0.15, 0.2) is 64.6 Å². The maximum Gasteiger partial charge on any atom is 0.226 e. The molecular weight excluding hydrogens is 388 g/mol. The topological polar surface area (TPSA) is 92.5 Å². The van der Waals surface area contributed by atoms with Crippen molar-refractivity contribution in [2.45, 2.75) is 32.5 Å². The summed E-state index contributed by atoms with van der Waals surface area (Å²) in [5.74, 6) is 0.366. The number of nitrogens with zero attached hydrogens (tertiary/aromatic N) is 4. The minimum Gasteiger partial charge on any atom is -0.368 e. The van der Waals surface area contributed by atoms with E-state index in [-0.39, 0.29) is 11.9 Å². The van der Waals surface area contributed by atoms with Crippen molar-refractivity contribution in [2.75, 3.05) is 18.1 Å². The summed E-state index contributed by atoms with van der Waals surface area (Å²) in [6.45, 7) is 5.80. The van der Waals surface area contributed by atoms with E-state index in [0.717, 1.165) is 30.2 Å². The predicted molar refractivity (Wildman–Crippen MR) is 119 cm³/mol. The number of rotatable bonds is 8. The van der Waals surface area contributed by atoms with Gasteiger partial charge in [0.1, 0.15) is 0 Å². The van der Waals surface area contributed by atoms with Crippen LogP contribution in [0.25, 0.3) is 0 Å². The van der Waals surface area contributed by atoms with Crippen molar-refractivity contribution in [2.24, 2.45) is 21.5 Å². The Morgan fingerprint density at radius 1 is 1.07 bits per heavy atom. The Hall–Kier alpha value is -2.77. The molecule has 1 heterocycles. The van der Waals surface area contributed by atoms with Crippen LogP contribution in [0.4, 0.5) is 5.69 Å². The molecule has 29 heavy (non-hydrogen) atoms. The maximum atomic E-state index is 6.05. The summed E-state index contributed by atoms with van der Waals surface area (Å²) in [5.41, 5.74) is 13.3. The molecule has 0 radical (unpaired) electrons. The van der Waals surface area contributed by atoms with Crippen LogP contribution in [0.5, 0.6) is 0 Å². The smallest absolute Gasteiger partial charge is 0.226 e. The number of anilines is 1. The van der Waals surface area contributed by atoms with Crippen LogP contribution in [-0.4, -0.2) is 35.8 Å². The minimum absolute atomic E-state index is 0.157. The Bertz CT molecular complexity index is 866. The predicted octanol–water partition coefficient (Wildman–Crippen LogP) is 3.35.